The summed E-state index contributed by atoms with van der Waals surface area (Å²) in [5.74, 6) is 0.498. The Hall–Kier alpha value is -1.49. The molecule has 0 aliphatic carbocycles. The summed E-state index contributed by atoms with van der Waals surface area (Å²) in [5.41, 5.74) is 8.26. The van der Waals surface area contributed by atoms with Crippen LogP contribution in [0.5, 0.6) is 0 Å². The summed E-state index contributed by atoms with van der Waals surface area (Å²) in [6.45, 7) is 1.90. The van der Waals surface area contributed by atoms with Gasteiger partial charge in [-0.1, -0.05) is 0 Å². The van der Waals surface area contributed by atoms with E-state index in [1.807, 2.05) is 14.0 Å². The number of hydrogen-bond donors (Lipinski definition) is 2. The van der Waals surface area contributed by atoms with Crippen LogP contribution < -0.4 is 5.73 Å². The average Bonchev–Trinajstić information content (AvgIpc) is 2.63. The van der Waals surface area contributed by atoms with E-state index in [9.17, 15) is 0 Å². The molecule has 74 valence electrons. The Morgan fingerprint density at radius 3 is 2.71 bits per heavy atom. The van der Waals surface area contributed by atoms with E-state index in [1.54, 1.807) is 10.8 Å². The molecule has 2 heterocycles. The molecule has 0 aliphatic heterocycles. The van der Waals surface area contributed by atoms with Crippen LogP contribution in [0.3, 0.4) is 0 Å². The van der Waals surface area contributed by atoms with Gasteiger partial charge in [0.15, 0.2) is 0 Å². The van der Waals surface area contributed by atoms with Crippen molar-refractivity contribution in [2.24, 2.45) is 7.05 Å². The third-order valence-corrected chi connectivity index (χ3v) is 2.59. The summed E-state index contributed by atoms with van der Waals surface area (Å²) < 4.78 is 1.77. The van der Waals surface area contributed by atoms with E-state index < -0.39 is 0 Å². The quantitative estimate of drug-likeness (QED) is 0.748. The first kappa shape index (κ1) is 9.08. The third kappa shape index (κ3) is 1.17. The van der Waals surface area contributed by atoms with E-state index in [4.69, 9.17) is 17.3 Å². The molecule has 14 heavy (non-hydrogen) atoms. The smallest absolute Gasteiger partial charge is 0.202 e. The fourth-order valence-corrected chi connectivity index (χ4v) is 1.42. The van der Waals surface area contributed by atoms with Crippen LogP contribution in [0.2, 0.25) is 5.28 Å². The van der Waals surface area contributed by atoms with Crippen molar-refractivity contribution in [2.45, 2.75) is 6.92 Å². The first-order valence-electron chi connectivity index (χ1n) is 4.09. The summed E-state index contributed by atoms with van der Waals surface area (Å²) >= 11 is 5.82. The van der Waals surface area contributed by atoms with Gasteiger partial charge in [-0.3, -0.25) is 5.10 Å². The maximum atomic E-state index is 5.82. The lowest BCUT2D eigenvalue weighted by Crippen LogP contribution is -1.93. The number of aromatic amines is 1. The standard InChI is InChI=1S/C8H10ClN5/c1-4-6(12-13-7(4)10)5-3-11-8(9)14(5)2/h3H,1-2H3,(H3,10,12,13). The Kier molecular flexibility index (Phi) is 1.96. The topological polar surface area (TPSA) is 72.5 Å². The number of rotatable bonds is 1. The van der Waals surface area contributed by atoms with Crippen LogP contribution in [0.1, 0.15) is 5.56 Å². The largest absolute Gasteiger partial charge is 0.382 e. The molecule has 0 amide bonds. The summed E-state index contributed by atoms with van der Waals surface area (Å²) in [6, 6.07) is 0. The maximum Gasteiger partial charge on any atom is 0.202 e. The number of hydrogen-bond acceptors (Lipinski definition) is 3. The molecule has 5 nitrogen and oxygen atoms in total. The molecular weight excluding hydrogens is 202 g/mol. The summed E-state index contributed by atoms with van der Waals surface area (Å²) in [7, 11) is 1.83. The highest BCUT2D eigenvalue weighted by Crippen LogP contribution is 2.25. The predicted molar refractivity (Wildman–Crippen MR) is 54.9 cm³/mol. The molecule has 0 unspecified atom stereocenters. The molecule has 3 N–H and O–H groups in total. The van der Waals surface area contributed by atoms with E-state index in [0.29, 0.717) is 11.1 Å². The molecule has 0 fully saturated rings. The second-order valence-corrected chi connectivity index (χ2v) is 3.42. The van der Waals surface area contributed by atoms with Crippen LogP contribution in [-0.2, 0) is 7.05 Å². The number of nitrogens with one attached hydrogen (secondary N) is 1. The number of anilines is 1. The van der Waals surface area contributed by atoms with Crippen LogP contribution in [0.25, 0.3) is 11.4 Å². The zero-order valence-corrected chi connectivity index (χ0v) is 8.63. The van der Waals surface area contributed by atoms with Gasteiger partial charge in [-0.05, 0) is 18.5 Å². The second-order valence-electron chi connectivity index (χ2n) is 3.08. The number of halogens is 1. The fraction of sp³-hybridized carbons (Fsp3) is 0.250. The molecule has 0 saturated heterocycles. The Bertz CT molecular complexity index is 426. The molecule has 0 bridgehead atoms. The molecule has 2 aromatic heterocycles. The van der Waals surface area contributed by atoms with Gasteiger partial charge in [-0.2, -0.15) is 5.10 Å². The molecule has 0 atom stereocenters. The molecule has 0 aliphatic rings. The van der Waals surface area contributed by atoms with Crippen molar-refractivity contribution in [3.63, 3.8) is 0 Å². The van der Waals surface area contributed by atoms with Gasteiger partial charge < -0.3 is 10.3 Å². The molecule has 0 radical (unpaired) electrons. The SMILES string of the molecule is Cc1c(N)n[nH]c1-c1cnc(Cl)n1C. The first-order chi connectivity index (χ1) is 6.61. The predicted octanol–water partition coefficient (Wildman–Crippen LogP) is 1.35. The third-order valence-electron chi connectivity index (χ3n) is 2.24. The van der Waals surface area contributed by atoms with Gasteiger partial charge in [0.1, 0.15) is 5.82 Å². The maximum absolute atomic E-state index is 5.82. The van der Waals surface area contributed by atoms with Crippen molar-refractivity contribution in [3.05, 3.63) is 17.0 Å². The number of nitrogens with two attached hydrogens (primary N) is 1. The van der Waals surface area contributed by atoms with Crippen molar-refractivity contribution in [1.29, 1.82) is 0 Å². The zero-order chi connectivity index (χ0) is 10.3. The molecular formula is C8H10ClN5. The van der Waals surface area contributed by atoms with Crippen LogP contribution in [0.15, 0.2) is 6.20 Å². The van der Waals surface area contributed by atoms with Gasteiger partial charge in [0.05, 0.1) is 17.6 Å². The summed E-state index contributed by atoms with van der Waals surface area (Å²) in [5, 5.41) is 7.20. The minimum Gasteiger partial charge on any atom is -0.382 e. The monoisotopic (exact) mass is 211 g/mol. The Morgan fingerprint density at radius 1 is 1.57 bits per heavy atom. The van der Waals surface area contributed by atoms with Gasteiger partial charge in [0.25, 0.3) is 0 Å². The average molecular weight is 212 g/mol. The highest BCUT2D eigenvalue weighted by atomic mass is 35.5. The van der Waals surface area contributed by atoms with E-state index in [1.165, 1.54) is 0 Å². The number of nitrogens with zero attached hydrogens (tertiary/aromatic N) is 3. The van der Waals surface area contributed by atoms with Crippen molar-refractivity contribution in [1.82, 2.24) is 19.7 Å². The molecule has 0 saturated carbocycles. The van der Waals surface area contributed by atoms with E-state index >= 15 is 0 Å². The highest BCUT2D eigenvalue weighted by Gasteiger charge is 2.13. The number of nitrogen functional groups attached to an aromatic ring is 1. The lowest BCUT2D eigenvalue weighted by molar-refractivity contribution is 0.913. The van der Waals surface area contributed by atoms with Gasteiger partial charge in [0, 0.05) is 12.6 Å². The fourth-order valence-electron chi connectivity index (χ4n) is 1.28. The molecule has 2 aromatic rings. The summed E-state index contributed by atoms with van der Waals surface area (Å²) in [6.07, 6.45) is 1.68. The first-order valence-corrected chi connectivity index (χ1v) is 4.47. The van der Waals surface area contributed by atoms with E-state index in [-0.39, 0.29) is 0 Å². The van der Waals surface area contributed by atoms with Crippen molar-refractivity contribution < 1.29 is 0 Å². The molecule has 0 aromatic carbocycles. The van der Waals surface area contributed by atoms with Crippen molar-refractivity contribution >= 4 is 17.4 Å². The zero-order valence-electron chi connectivity index (χ0n) is 7.87. The van der Waals surface area contributed by atoms with E-state index in [0.717, 1.165) is 17.0 Å². The van der Waals surface area contributed by atoms with Gasteiger partial charge >= 0.3 is 0 Å². The minimum absolute atomic E-state index is 0.438. The minimum atomic E-state index is 0.438. The van der Waals surface area contributed by atoms with Crippen LogP contribution in [0.4, 0.5) is 5.82 Å². The molecule has 0 spiro atoms. The Balaban J connectivity index is 2.60. The number of aromatic nitrogens is 4. The number of imidazole rings is 1. The normalized spacial score (nSPS) is 10.8. The second kappa shape index (κ2) is 3.02. The molecule has 6 heteroatoms. The van der Waals surface area contributed by atoms with Gasteiger partial charge in [-0.15, -0.1) is 0 Å². The lowest BCUT2D eigenvalue weighted by Gasteiger charge is -2.00. The van der Waals surface area contributed by atoms with Gasteiger partial charge in [-0.25, -0.2) is 4.98 Å². The summed E-state index contributed by atoms with van der Waals surface area (Å²) in [4.78, 5) is 3.98. The Labute approximate surface area is 85.9 Å². The highest BCUT2D eigenvalue weighted by molar-refractivity contribution is 6.28. The van der Waals surface area contributed by atoms with Gasteiger partial charge in [0.2, 0.25) is 5.28 Å². The van der Waals surface area contributed by atoms with Crippen molar-refractivity contribution in [2.75, 3.05) is 5.73 Å². The Morgan fingerprint density at radius 2 is 2.29 bits per heavy atom. The van der Waals surface area contributed by atoms with Crippen LogP contribution >= 0.6 is 11.6 Å². The lowest BCUT2D eigenvalue weighted by atomic mass is 10.2. The molecule has 2 rings (SSSR count). The van der Waals surface area contributed by atoms with Crippen LogP contribution in [-0.4, -0.2) is 19.7 Å². The number of H-pyrrole nitrogens is 1. The van der Waals surface area contributed by atoms with E-state index in [2.05, 4.69) is 15.2 Å². The van der Waals surface area contributed by atoms with Crippen LogP contribution in [0, 0.1) is 6.92 Å². The van der Waals surface area contributed by atoms with Crippen molar-refractivity contribution in [3.8, 4) is 11.4 Å².